The van der Waals surface area contributed by atoms with E-state index in [2.05, 4.69) is 0 Å². The minimum absolute atomic E-state index is 0.393. The van der Waals surface area contributed by atoms with E-state index >= 15 is 0 Å². The molecule has 0 aromatic carbocycles. The van der Waals surface area contributed by atoms with E-state index in [0.29, 0.717) is 5.75 Å². The first-order valence-electron chi connectivity index (χ1n) is 6.73. The highest BCUT2D eigenvalue weighted by Crippen LogP contribution is 2.32. The van der Waals surface area contributed by atoms with Gasteiger partial charge in [0.2, 0.25) is 0 Å². The van der Waals surface area contributed by atoms with Crippen LogP contribution in [0.25, 0.3) is 0 Å². The largest absolute Gasteiger partial charge is 0.480 e. The fourth-order valence-electron chi connectivity index (χ4n) is 1.48. The van der Waals surface area contributed by atoms with E-state index in [1.165, 1.54) is 16.7 Å². The second kappa shape index (κ2) is 9.95. The van der Waals surface area contributed by atoms with Gasteiger partial charge in [0, 0.05) is 5.75 Å². The highest BCUT2D eigenvalue weighted by molar-refractivity contribution is 7.99. The van der Waals surface area contributed by atoms with Crippen LogP contribution in [0.3, 0.4) is 0 Å². The van der Waals surface area contributed by atoms with Crippen molar-refractivity contribution in [3.63, 3.8) is 0 Å². The molecule has 0 aromatic rings. The standard InChI is InChI=1S/C9H15NO4S.2C2H6/c1-4-15-5-6(7(11)12)10-8(13)14-9(10,2)3;2*1-2/h6H,4-5H2,1-3H3,(H,11,12);2*1-2H3. The van der Waals surface area contributed by atoms with Gasteiger partial charge in [-0.1, -0.05) is 34.6 Å². The van der Waals surface area contributed by atoms with Crippen LogP contribution in [-0.2, 0) is 9.53 Å². The molecule has 1 fully saturated rings. The Morgan fingerprint density at radius 2 is 1.84 bits per heavy atom. The van der Waals surface area contributed by atoms with Gasteiger partial charge in [-0.3, -0.25) is 4.90 Å². The summed E-state index contributed by atoms with van der Waals surface area (Å²) in [6.45, 7) is 13.3. The zero-order valence-corrected chi connectivity index (χ0v) is 13.8. The van der Waals surface area contributed by atoms with Crippen LogP contribution < -0.4 is 0 Å². The van der Waals surface area contributed by atoms with Crippen molar-refractivity contribution in [2.24, 2.45) is 0 Å². The van der Waals surface area contributed by atoms with Crippen molar-refractivity contribution >= 4 is 23.8 Å². The summed E-state index contributed by atoms with van der Waals surface area (Å²) in [6, 6.07) is -0.800. The van der Waals surface area contributed by atoms with Crippen LogP contribution in [-0.4, -0.2) is 45.3 Å². The molecular weight excluding hydrogens is 266 g/mol. The zero-order valence-electron chi connectivity index (χ0n) is 13.0. The normalized spacial score (nSPS) is 16.8. The average Bonchev–Trinajstić information content (AvgIpc) is 2.38. The lowest BCUT2D eigenvalue weighted by atomic mass is 10.1. The number of nitrogens with zero attached hydrogens (tertiary/aromatic N) is 1. The second-order valence-corrected chi connectivity index (χ2v) is 5.02. The number of rotatable bonds is 5. The van der Waals surface area contributed by atoms with E-state index in [9.17, 15) is 9.59 Å². The molecule has 0 bridgehead atoms. The highest BCUT2D eigenvalue weighted by atomic mass is 32.2. The van der Waals surface area contributed by atoms with Gasteiger partial charge < -0.3 is 9.84 Å². The Kier molecular flexibility index (Phi) is 10.7. The van der Waals surface area contributed by atoms with Crippen molar-refractivity contribution in [2.45, 2.75) is 60.2 Å². The Morgan fingerprint density at radius 3 is 2.11 bits per heavy atom. The van der Waals surface area contributed by atoms with E-state index < -0.39 is 23.8 Å². The molecule has 1 aliphatic rings. The molecule has 1 unspecified atom stereocenters. The van der Waals surface area contributed by atoms with Gasteiger partial charge in [-0.15, -0.1) is 0 Å². The number of thioether (sulfide) groups is 1. The quantitative estimate of drug-likeness (QED) is 0.841. The van der Waals surface area contributed by atoms with Crippen LogP contribution in [0.2, 0.25) is 0 Å². The van der Waals surface area contributed by atoms with E-state index in [1.54, 1.807) is 13.8 Å². The van der Waals surface area contributed by atoms with E-state index in [1.807, 2.05) is 34.6 Å². The first-order valence-corrected chi connectivity index (χ1v) is 7.88. The maximum Gasteiger partial charge on any atom is 0.415 e. The van der Waals surface area contributed by atoms with Crippen LogP contribution in [0, 0.1) is 0 Å². The molecule has 19 heavy (non-hydrogen) atoms. The third kappa shape index (κ3) is 5.72. The minimum Gasteiger partial charge on any atom is -0.480 e. The number of carboxylic acid groups (broad SMARTS) is 1. The summed E-state index contributed by atoms with van der Waals surface area (Å²) in [6.07, 6.45) is -0.552. The lowest BCUT2D eigenvalue weighted by Crippen LogP contribution is -2.67. The predicted octanol–water partition coefficient (Wildman–Crippen LogP) is 3.43. The number of amides is 1. The molecule has 1 amide bonds. The molecule has 114 valence electrons. The Bertz CT molecular complexity index is 282. The number of carbonyl (C=O) groups excluding carboxylic acids is 1. The SMILES string of the molecule is CC.CC.CCSCC(C(=O)O)N1C(=O)OC1(C)C. The van der Waals surface area contributed by atoms with Gasteiger partial charge >= 0.3 is 12.1 Å². The Balaban J connectivity index is 0. The maximum atomic E-state index is 11.2. The van der Waals surface area contributed by atoms with Crippen LogP contribution >= 0.6 is 11.8 Å². The molecule has 6 heteroatoms. The van der Waals surface area contributed by atoms with Crippen molar-refractivity contribution in [3.05, 3.63) is 0 Å². The summed E-state index contributed by atoms with van der Waals surface area (Å²) in [7, 11) is 0. The van der Waals surface area contributed by atoms with Gasteiger partial charge in [-0.2, -0.15) is 11.8 Å². The summed E-state index contributed by atoms with van der Waals surface area (Å²) < 4.78 is 4.86. The molecule has 1 rings (SSSR count). The summed E-state index contributed by atoms with van der Waals surface area (Å²) >= 11 is 1.49. The molecule has 1 atom stereocenters. The second-order valence-electron chi connectivity index (χ2n) is 3.70. The van der Waals surface area contributed by atoms with Crippen LogP contribution in [0.1, 0.15) is 48.5 Å². The minimum atomic E-state index is -0.985. The monoisotopic (exact) mass is 293 g/mol. The first-order chi connectivity index (χ1) is 8.90. The van der Waals surface area contributed by atoms with Gasteiger partial charge in [0.05, 0.1) is 0 Å². The lowest BCUT2D eigenvalue weighted by Gasteiger charge is -2.48. The molecule has 1 saturated heterocycles. The molecule has 1 heterocycles. The fraction of sp³-hybridized carbons (Fsp3) is 0.846. The highest BCUT2D eigenvalue weighted by Gasteiger charge is 2.51. The summed E-state index contributed by atoms with van der Waals surface area (Å²) in [5.41, 5.74) is -0.797. The van der Waals surface area contributed by atoms with E-state index in [4.69, 9.17) is 9.84 Å². The topological polar surface area (TPSA) is 66.8 Å². The molecule has 0 saturated carbocycles. The van der Waals surface area contributed by atoms with Crippen molar-refractivity contribution in [3.8, 4) is 0 Å². The van der Waals surface area contributed by atoms with Crippen LogP contribution in [0.5, 0.6) is 0 Å². The Hall–Kier alpha value is -0.910. The first kappa shape index (κ1) is 20.4. The van der Waals surface area contributed by atoms with Crippen molar-refractivity contribution in [1.29, 1.82) is 0 Å². The number of aliphatic carboxylic acids is 1. The fourth-order valence-corrected chi connectivity index (χ4v) is 2.23. The van der Waals surface area contributed by atoms with Crippen LogP contribution in [0.4, 0.5) is 4.79 Å². The molecule has 5 nitrogen and oxygen atoms in total. The number of hydrogen-bond donors (Lipinski definition) is 1. The number of ether oxygens (including phenoxy) is 1. The molecule has 0 aromatic heterocycles. The van der Waals surface area contributed by atoms with Gasteiger partial charge in [0.1, 0.15) is 6.04 Å². The summed E-state index contributed by atoms with van der Waals surface area (Å²) in [4.78, 5) is 23.5. The number of cyclic esters (lactones) is 1. The molecule has 0 spiro atoms. The molecule has 1 N–H and O–H groups in total. The molecule has 1 aliphatic heterocycles. The van der Waals surface area contributed by atoms with Gasteiger partial charge in [-0.25, -0.2) is 9.59 Å². The number of hydrogen-bond acceptors (Lipinski definition) is 4. The van der Waals surface area contributed by atoms with E-state index in [0.717, 1.165) is 5.75 Å². The number of carboxylic acids is 1. The van der Waals surface area contributed by atoms with Crippen molar-refractivity contribution in [1.82, 2.24) is 4.90 Å². The van der Waals surface area contributed by atoms with E-state index in [-0.39, 0.29) is 0 Å². The van der Waals surface area contributed by atoms with Gasteiger partial charge in [0.25, 0.3) is 0 Å². The lowest BCUT2D eigenvalue weighted by molar-refractivity contribution is -0.188. The average molecular weight is 293 g/mol. The van der Waals surface area contributed by atoms with Gasteiger partial charge in [-0.05, 0) is 19.6 Å². The smallest absolute Gasteiger partial charge is 0.415 e. The molecule has 0 aliphatic carbocycles. The van der Waals surface area contributed by atoms with Gasteiger partial charge in [0.15, 0.2) is 5.72 Å². The summed E-state index contributed by atoms with van der Waals surface area (Å²) in [5.74, 6) is 0.234. The van der Waals surface area contributed by atoms with Crippen LogP contribution in [0.15, 0.2) is 0 Å². The zero-order chi connectivity index (χ0) is 15.6. The van der Waals surface area contributed by atoms with Crippen molar-refractivity contribution in [2.75, 3.05) is 11.5 Å². The molecular formula is C13H27NO4S. The Morgan fingerprint density at radius 1 is 1.37 bits per heavy atom. The Labute approximate surface area is 120 Å². The predicted molar refractivity (Wildman–Crippen MR) is 79.5 cm³/mol. The third-order valence-electron chi connectivity index (χ3n) is 2.19. The summed E-state index contributed by atoms with van der Waals surface area (Å²) in [5, 5.41) is 9.02. The molecule has 0 radical (unpaired) electrons. The van der Waals surface area contributed by atoms with Crippen molar-refractivity contribution < 1.29 is 19.4 Å². The number of carbonyl (C=O) groups is 2. The maximum absolute atomic E-state index is 11.2. The third-order valence-corrected chi connectivity index (χ3v) is 3.15.